The first-order valence-electron chi connectivity index (χ1n) is 8.53. The predicted molar refractivity (Wildman–Crippen MR) is 94.9 cm³/mol. The number of amides is 2. The Balaban J connectivity index is 2.15. The Morgan fingerprint density at radius 1 is 1.22 bits per heavy atom. The van der Waals surface area contributed by atoms with Gasteiger partial charge in [0.1, 0.15) is 5.75 Å². The van der Waals surface area contributed by atoms with Crippen LogP contribution in [-0.2, 0) is 19.4 Å². The van der Waals surface area contributed by atoms with Crippen LogP contribution < -0.4 is 15.5 Å². The zero-order valence-corrected chi connectivity index (χ0v) is 15.8. The Bertz CT molecular complexity index is 773. The summed E-state index contributed by atoms with van der Waals surface area (Å²) in [5, 5.41) is 21.9. The van der Waals surface area contributed by atoms with Gasteiger partial charge in [-0.05, 0) is 37.1 Å². The third-order valence-electron chi connectivity index (χ3n) is 4.65. The second kappa shape index (κ2) is 8.68. The van der Waals surface area contributed by atoms with Crippen LogP contribution in [0.25, 0.3) is 0 Å². The van der Waals surface area contributed by atoms with Gasteiger partial charge in [-0.25, -0.2) is 13.9 Å². The molecule has 0 radical (unpaired) electrons. The summed E-state index contributed by atoms with van der Waals surface area (Å²) in [7, 11) is -2.66. The Kier molecular flexibility index (Phi) is 6.79. The molecule has 0 aromatic heterocycles. The summed E-state index contributed by atoms with van der Waals surface area (Å²) in [6.07, 6.45) is 3.26. The average Bonchev–Trinajstić information content (AvgIpc) is 3.20. The summed E-state index contributed by atoms with van der Waals surface area (Å²) >= 11 is 0. The number of ether oxygens (including phenoxy) is 1. The fourth-order valence-electron chi connectivity index (χ4n) is 3.05. The molecule has 0 spiro atoms. The highest BCUT2D eigenvalue weighted by Crippen LogP contribution is 2.25. The van der Waals surface area contributed by atoms with E-state index in [-0.39, 0.29) is 16.7 Å². The van der Waals surface area contributed by atoms with Crippen LogP contribution in [0.3, 0.4) is 0 Å². The van der Waals surface area contributed by atoms with Crippen molar-refractivity contribution in [3.63, 3.8) is 0 Å². The van der Waals surface area contributed by atoms with Crippen molar-refractivity contribution in [2.24, 2.45) is 5.92 Å². The van der Waals surface area contributed by atoms with E-state index in [2.05, 4.69) is 5.32 Å². The quantitative estimate of drug-likeness (QED) is 0.356. The summed E-state index contributed by atoms with van der Waals surface area (Å²) in [6, 6.07) is 5.42. The second-order valence-electron chi connectivity index (χ2n) is 6.61. The molecule has 1 atom stereocenters. The predicted octanol–water partition coefficient (Wildman–Crippen LogP) is 0.0118. The Labute approximate surface area is 157 Å². The zero-order chi connectivity index (χ0) is 20.1. The van der Waals surface area contributed by atoms with E-state index in [9.17, 15) is 23.1 Å². The first-order valence-corrected chi connectivity index (χ1v) is 10.2. The van der Waals surface area contributed by atoms with E-state index in [1.165, 1.54) is 36.9 Å². The second-order valence-corrected chi connectivity index (χ2v) is 8.60. The molecule has 1 aromatic carbocycles. The molecule has 0 aliphatic heterocycles. The van der Waals surface area contributed by atoms with Crippen molar-refractivity contribution >= 4 is 21.7 Å². The van der Waals surface area contributed by atoms with Crippen molar-refractivity contribution in [1.82, 2.24) is 10.8 Å². The van der Waals surface area contributed by atoms with Gasteiger partial charge in [-0.15, -0.1) is 0 Å². The SMILES string of the molecule is COc1ccc(S(=O)(=O)CC(O)(CNC(=O)C2CCCC2)C(=O)NO)cc1. The van der Waals surface area contributed by atoms with Crippen LogP contribution >= 0.6 is 0 Å². The highest BCUT2D eigenvalue weighted by atomic mass is 32.2. The lowest BCUT2D eigenvalue weighted by atomic mass is 10.0. The van der Waals surface area contributed by atoms with E-state index in [1.807, 2.05) is 0 Å². The van der Waals surface area contributed by atoms with Gasteiger partial charge in [-0.2, -0.15) is 0 Å². The maximum atomic E-state index is 12.6. The summed E-state index contributed by atoms with van der Waals surface area (Å²) in [5.74, 6) is -2.44. The smallest absolute Gasteiger partial charge is 0.278 e. The fourth-order valence-corrected chi connectivity index (χ4v) is 4.63. The number of carbonyl (C=O) groups excluding carboxylic acids is 2. The van der Waals surface area contributed by atoms with Crippen molar-refractivity contribution in [3.8, 4) is 5.75 Å². The third kappa shape index (κ3) is 5.18. The lowest BCUT2D eigenvalue weighted by Gasteiger charge is -2.26. The number of aliphatic hydroxyl groups is 1. The van der Waals surface area contributed by atoms with E-state index in [4.69, 9.17) is 9.94 Å². The lowest BCUT2D eigenvalue weighted by Crippen LogP contribution is -2.57. The monoisotopic (exact) mass is 400 g/mol. The van der Waals surface area contributed by atoms with Crippen LogP contribution in [-0.4, -0.2) is 55.6 Å². The average molecular weight is 400 g/mol. The minimum Gasteiger partial charge on any atom is -0.497 e. The van der Waals surface area contributed by atoms with Gasteiger partial charge in [0, 0.05) is 5.92 Å². The molecule has 1 fully saturated rings. The summed E-state index contributed by atoms with van der Waals surface area (Å²) in [4.78, 5) is 23.9. The number of hydrogen-bond donors (Lipinski definition) is 4. The molecule has 1 unspecified atom stereocenters. The molecule has 0 bridgehead atoms. The minimum atomic E-state index is -4.09. The normalized spacial score (nSPS) is 17.1. The van der Waals surface area contributed by atoms with Crippen molar-refractivity contribution in [3.05, 3.63) is 24.3 Å². The number of nitrogens with one attached hydrogen (secondary N) is 2. The summed E-state index contributed by atoms with van der Waals surface area (Å²) in [6.45, 7) is -0.635. The Morgan fingerprint density at radius 2 is 1.81 bits per heavy atom. The summed E-state index contributed by atoms with van der Waals surface area (Å²) in [5.41, 5.74) is -1.26. The first kappa shape index (κ1) is 21.1. The maximum absolute atomic E-state index is 12.6. The molecule has 27 heavy (non-hydrogen) atoms. The largest absolute Gasteiger partial charge is 0.497 e. The topological polar surface area (TPSA) is 142 Å². The molecular weight excluding hydrogens is 376 g/mol. The van der Waals surface area contributed by atoms with E-state index in [0.717, 1.165) is 12.8 Å². The number of hydrogen-bond acceptors (Lipinski definition) is 7. The van der Waals surface area contributed by atoms with Gasteiger partial charge in [0.2, 0.25) is 5.91 Å². The van der Waals surface area contributed by atoms with Gasteiger partial charge in [0.25, 0.3) is 5.91 Å². The fraction of sp³-hybridized carbons (Fsp3) is 0.529. The number of hydroxylamine groups is 1. The molecular formula is C17H24N2O7S. The molecule has 10 heteroatoms. The van der Waals surface area contributed by atoms with E-state index in [0.29, 0.717) is 18.6 Å². The van der Waals surface area contributed by atoms with Gasteiger partial charge >= 0.3 is 0 Å². The maximum Gasteiger partial charge on any atom is 0.278 e. The van der Waals surface area contributed by atoms with Gasteiger partial charge in [0.05, 0.1) is 24.3 Å². The number of benzene rings is 1. The Hall–Kier alpha value is -2.17. The number of methoxy groups -OCH3 is 1. The van der Waals surface area contributed by atoms with Crippen LogP contribution in [0, 0.1) is 5.92 Å². The van der Waals surface area contributed by atoms with Crippen molar-refractivity contribution in [2.75, 3.05) is 19.4 Å². The molecule has 1 aliphatic rings. The molecule has 2 amide bonds. The minimum absolute atomic E-state index is 0.130. The summed E-state index contributed by atoms with van der Waals surface area (Å²) < 4.78 is 30.2. The number of carbonyl (C=O) groups is 2. The van der Waals surface area contributed by atoms with Crippen LogP contribution in [0.2, 0.25) is 0 Å². The van der Waals surface area contributed by atoms with Crippen LogP contribution in [0.15, 0.2) is 29.2 Å². The van der Waals surface area contributed by atoms with Crippen LogP contribution in [0.1, 0.15) is 25.7 Å². The van der Waals surface area contributed by atoms with Crippen molar-refractivity contribution in [2.45, 2.75) is 36.2 Å². The lowest BCUT2D eigenvalue weighted by molar-refractivity contribution is -0.146. The molecule has 0 heterocycles. The highest BCUT2D eigenvalue weighted by Gasteiger charge is 2.42. The van der Waals surface area contributed by atoms with Gasteiger partial charge in [0.15, 0.2) is 15.4 Å². The molecule has 4 N–H and O–H groups in total. The van der Waals surface area contributed by atoms with Gasteiger partial charge < -0.3 is 15.2 Å². The van der Waals surface area contributed by atoms with Crippen LogP contribution in [0.4, 0.5) is 0 Å². The molecule has 1 aromatic rings. The molecule has 150 valence electrons. The number of sulfone groups is 1. The zero-order valence-electron chi connectivity index (χ0n) is 15.0. The Morgan fingerprint density at radius 3 is 2.33 bits per heavy atom. The van der Waals surface area contributed by atoms with Crippen LogP contribution in [0.5, 0.6) is 5.75 Å². The molecule has 1 saturated carbocycles. The highest BCUT2D eigenvalue weighted by molar-refractivity contribution is 7.91. The van der Waals surface area contributed by atoms with Gasteiger partial charge in [-0.3, -0.25) is 14.8 Å². The molecule has 9 nitrogen and oxygen atoms in total. The first-order chi connectivity index (χ1) is 12.7. The molecule has 2 rings (SSSR count). The number of rotatable bonds is 8. The van der Waals surface area contributed by atoms with E-state index in [1.54, 1.807) is 0 Å². The molecule has 0 saturated heterocycles. The van der Waals surface area contributed by atoms with Crippen molar-refractivity contribution < 1.29 is 33.1 Å². The van der Waals surface area contributed by atoms with E-state index < -0.39 is 33.6 Å². The molecule has 1 aliphatic carbocycles. The van der Waals surface area contributed by atoms with Crippen molar-refractivity contribution in [1.29, 1.82) is 0 Å². The standard InChI is InChI=1S/C17H24N2O7S/c1-26-13-6-8-14(9-7-13)27(24,25)11-17(22,16(21)19-23)10-18-15(20)12-4-2-3-5-12/h6-9,12,22-23H,2-5,10-11H2,1H3,(H,18,20)(H,19,21). The van der Waals surface area contributed by atoms with Gasteiger partial charge in [-0.1, -0.05) is 12.8 Å². The third-order valence-corrected chi connectivity index (χ3v) is 6.50. The van der Waals surface area contributed by atoms with E-state index >= 15 is 0 Å².